The molecule has 0 saturated heterocycles. The molecule has 0 aromatic carbocycles. The van der Waals surface area contributed by atoms with Gasteiger partial charge in [-0.1, -0.05) is 19.8 Å². The number of nitrogens with zero attached hydrogens (tertiary/aromatic N) is 1. The van der Waals surface area contributed by atoms with E-state index < -0.39 is 0 Å². The van der Waals surface area contributed by atoms with Crippen LogP contribution in [0.4, 0.5) is 5.69 Å². The number of hydrogen-bond acceptors (Lipinski definition) is 3. The highest BCUT2D eigenvalue weighted by Gasteiger charge is 2.22. The van der Waals surface area contributed by atoms with Gasteiger partial charge in [0.2, 0.25) is 5.91 Å². The fourth-order valence-electron chi connectivity index (χ4n) is 2.62. The lowest BCUT2D eigenvalue weighted by molar-refractivity contribution is -0.124. The minimum Gasteiger partial charge on any atom is -0.368 e. The van der Waals surface area contributed by atoms with Crippen molar-refractivity contribution in [3.8, 4) is 0 Å². The predicted molar refractivity (Wildman–Crippen MR) is 74.1 cm³/mol. The van der Waals surface area contributed by atoms with Crippen molar-refractivity contribution in [2.45, 2.75) is 52.6 Å². The minimum atomic E-state index is -0.106. The number of aromatic amines is 1. The minimum absolute atomic E-state index is 0.106. The molecule has 1 aliphatic carbocycles. The quantitative estimate of drug-likeness (QED) is 0.879. The number of H-pyrrole nitrogens is 1. The highest BCUT2D eigenvalue weighted by Crippen LogP contribution is 2.26. The fraction of sp³-hybridized carbons (Fsp3) is 0.714. The second kappa shape index (κ2) is 6.19. The van der Waals surface area contributed by atoms with Gasteiger partial charge < -0.3 is 10.1 Å². The lowest BCUT2D eigenvalue weighted by Crippen LogP contribution is -2.30. The van der Waals surface area contributed by atoms with Crippen molar-refractivity contribution >= 4 is 11.6 Å². The molecule has 1 fully saturated rings. The standard InChI is InChI=1S/C14H23N3O2/c1-9-6-4-5-7-12(9)19-8-13(18)15-14-10(2)16-17-11(14)3/h9,12H,4-8H2,1-3H3,(H,15,18)(H,16,17)/t9-,12-/m1/s1. The third-order valence-electron chi connectivity index (χ3n) is 3.85. The maximum atomic E-state index is 11.9. The van der Waals surface area contributed by atoms with Crippen LogP contribution in [0.3, 0.4) is 0 Å². The molecule has 1 heterocycles. The number of ether oxygens (including phenoxy) is 1. The lowest BCUT2D eigenvalue weighted by atomic mass is 9.88. The molecule has 2 atom stereocenters. The SMILES string of the molecule is Cc1n[nH]c(C)c1NC(=O)CO[C@@H]1CCCC[C@H]1C. The number of anilines is 1. The Balaban J connectivity index is 1.81. The van der Waals surface area contributed by atoms with Crippen LogP contribution in [-0.4, -0.2) is 28.8 Å². The molecule has 5 heteroatoms. The first-order valence-corrected chi connectivity index (χ1v) is 7.01. The van der Waals surface area contributed by atoms with E-state index in [2.05, 4.69) is 22.4 Å². The first-order chi connectivity index (χ1) is 9.08. The summed E-state index contributed by atoms with van der Waals surface area (Å²) in [6, 6.07) is 0. The van der Waals surface area contributed by atoms with Gasteiger partial charge in [-0.3, -0.25) is 9.89 Å². The summed E-state index contributed by atoms with van der Waals surface area (Å²) in [6.45, 7) is 6.08. The van der Waals surface area contributed by atoms with Gasteiger partial charge >= 0.3 is 0 Å². The zero-order valence-corrected chi connectivity index (χ0v) is 12.0. The van der Waals surface area contributed by atoms with Gasteiger partial charge in [-0.15, -0.1) is 0 Å². The van der Waals surface area contributed by atoms with E-state index in [1.54, 1.807) is 0 Å². The molecule has 1 aromatic heterocycles. The van der Waals surface area contributed by atoms with E-state index in [0.717, 1.165) is 23.5 Å². The van der Waals surface area contributed by atoms with Crippen molar-refractivity contribution in [3.05, 3.63) is 11.4 Å². The molecule has 0 spiro atoms. The van der Waals surface area contributed by atoms with Crippen molar-refractivity contribution in [3.63, 3.8) is 0 Å². The van der Waals surface area contributed by atoms with Crippen LogP contribution in [0, 0.1) is 19.8 Å². The van der Waals surface area contributed by atoms with Gasteiger partial charge in [-0.25, -0.2) is 0 Å². The van der Waals surface area contributed by atoms with Gasteiger partial charge in [0.25, 0.3) is 0 Å². The van der Waals surface area contributed by atoms with Crippen LogP contribution in [0.2, 0.25) is 0 Å². The Hall–Kier alpha value is -1.36. The lowest BCUT2D eigenvalue weighted by Gasteiger charge is -2.28. The van der Waals surface area contributed by atoms with Crippen molar-refractivity contribution in [2.24, 2.45) is 5.92 Å². The molecule has 106 valence electrons. The smallest absolute Gasteiger partial charge is 0.250 e. The van der Waals surface area contributed by atoms with Crippen molar-refractivity contribution in [1.29, 1.82) is 0 Å². The molecule has 2 N–H and O–H groups in total. The number of carbonyl (C=O) groups excluding carboxylic acids is 1. The van der Waals surface area contributed by atoms with E-state index in [-0.39, 0.29) is 18.6 Å². The number of hydrogen-bond donors (Lipinski definition) is 2. The number of nitrogens with one attached hydrogen (secondary N) is 2. The first kappa shape index (κ1) is 14.1. The van der Waals surface area contributed by atoms with Gasteiger partial charge in [0, 0.05) is 0 Å². The van der Waals surface area contributed by atoms with Crippen LogP contribution in [-0.2, 0) is 9.53 Å². The van der Waals surface area contributed by atoms with Crippen LogP contribution in [0.15, 0.2) is 0 Å². The molecular weight excluding hydrogens is 242 g/mol. The maximum absolute atomic E-state index is 11.9. The summed E-state index contributed by atoms with van der Waals surface area (Å²) in [7, 11) is 0. The summed E-state index contributed by atoms with van der Waals surface area (Å²) in [4.78, 5) is 11.9. The number of aryl methyl sites for hydroxylation is 2. The fourth-order valence-corrected chi connectivity index (χ4v) is 2.62. The number of rotatable bonds is 4. The molecule has 0 radical (unpaired) electrons. The highest BCUT2D eigenvalue weighted by molar-refractivity contribution is 5.92. The van der Waals surface area contributed by atoms with Crippen LogP contribution in [0.5, 0.6) is 0 Å². The van der Waals surface area contributed by atoms with Gasteiger partial charge in [0.1, 0.15) is 6.61 Å². The molecule has 0 aliphatic heterocycles. The van der Waals surface area contributed by atoms with E-state index in [4.69, 9.17) is 4.74 Å². The molecule has 19 heavy (non-hydrogen) atoms. The topological polar surface area (TPSA) is 67.0 Å². The van der Waals surface area contributed by atoms with E-state index in [9.17, 15) is 4.79 Å². The van der Waals surface area contributed by atoms with Gasteiger partial charge in [-0.05, 0) is 32.6 Å². The summed E-state index contributed by atoms with van der Waals surface area (Å²) in [5, 5.41) is 9.76. The molecular formula is C14H23N3O2. The van der Waals surface area contributed by atoms with Crippen LogP contribution >= 0.6 is 0 Å². The Labute approximate surface area is 114 Å². The van der Waals surface area contributed by atoms with Crippen LogP contribution < -0.4 is 5.32 Å². The first-order valence-electron chi connectivity index (χ1n) is 7.01. The average molecular weight is 265 g/mol. The molecule has 5 nitrogen and oxygen atoms in total. The summed E-state index contributed by atoms with van der Waals surface area (Å²) < 4.78 is 5.74. The Morgan fingerprint density at radius 2 is 2.16 bits per heavy atom. The van der Waals surface area contributed by atoms with Crippen molar-refractivity contribution in [2.75, 3.05) is 11.9 Å². The van der Waals surface area contributed by atoms with E-state index in [1.165, 1.54) is 19.3 Å². The third-order valence-corrected chi connectivity index (χ3v) is 3.85. The van der Waals surface area contributed by atoms with Crippen LogP contribution in [0.25, 0.3) is 0 Å². The summed E-state index contributed by atoms with van der Waals surface area (Å²) in [5.41, 5.74) is 2.44. The monoisotopic (exact) mass is 265 g/mol. The summed E-state index contributed by atoms with van der Waals surface area (Å²) in [5.74, 6) is 0.448. The van der Waals surface area contributed by atoms with Crippen molar-refractivity contribution in [1.82, 2.24) is 10.2 Å². The Kier molecular flexibility index (Phi) is 4.58. The Morgan fingerprint density at radius 3 is 2.79 bits per heavy atom. The molecule has 1 aliphatic rings. The number of amides is 1. The molecule has 0 bridgehead atoms. The zero-order chi connectivity index (χ0) is 13.8. The maximum Gasteiger partial charge on any atom is 0.250 e. The van der Waals surface area contributed by atoms with E-state index >= 15 is 0 Å². The van der Waals surface area contributed by atoms with E-state index in [0.29, 0.717) is 5.92 Å². The predicted octanol–water partition coefficient (Wildman–Crippen LogP) is 2.56. The largest absolute Gasteiger partial charge is 0.368 e. The van der Waals surface area contributed by atoms with Crippen molar-refractivity contribution < 1.29 is 9.53 Å². The number of aromatic nitrogens is 2. The van der Waals surface area contributed by atoms with Gasteiger partial charge in [0.15, 0.2) is 0 Å². The second-order valence-electron chi connectivity index (χ2n) is 5.47. The Morgan fingerprint density at radius 1 is 1.42 bits per heavy atom. The normalized spacial score (nSPS) is 23.3. The third kappa shape index (κ3) is 3.56. The summed E-state index contributed by atoms with van der Waals surface area (Å²) >= 11 is 0. The summed E-state index contributed by atoms with van der Waals surface area (Å²) in [6.07, 6.45) is 4.98. The average Bonchev–Trinajstić information content (AvgIpc) is 2.70. The molecule has 2 rings (SSSR count). The second-order valence-corrected chi connectivity index (χ2v) is 5.47. The molecule has 1 aromatic rings. The highest BCUT2D eigenvalue weighted by atomic mass is 16.5. The number of carbonyl (C=O) groups is 1. The van der Waals surface area contributed by atoms with Crippen LogP contribution in [0.1, 0.15) is 44.0 Å². The molecule has 0 unspecified atom stereocenters. The van der Waals surface area contributed by atoms with Gasteiger partial charge in [-0.2, -0.15) is 5.10 Å². The van der Waals surface area contributed by atoms with Gasteiger partial charge in [0.05, 0.1) is 23.2 Å². The molecule has 1 amide bonds. The van der Waals surface area contributed by atoms with E-state index in [1.807, 2.05) is 13.8 Å². The molecule has 1 saturated carbocycles. The Bertz CT molecular complexity index is 422. The zero-order valence-electron chi connectivity index (χ0n) is 12.0.